The first-order valence-electron chi connectivity index (χ1n) is 8.86. The van der Waals surface area contributed by atoms with Crippen LogP contribution in [0, 0.1) is 12.7 Å². The molecule has 1 aliphatic heterocycles. The fourth-order valence-electron chi connectivity index (χ4n) is 3.19. The lowest BCUT2D eigenvalue weighted by Crippen LogP contribution is -2.16. The van der Waals surface area contributed by atoms with Gasteiger partial charge in [-0.15, -0.1) is 0 Å². The van der Waals surface area contributed by atoms with E-state index in [0.717, 1.165) is 41.8 Å². The van der Waals surface area contributed by atoms with Crippen LogP contribution < -0.4 is 10.1 Å². The summed E-state index contributed by atoms with van der Waals surface area (Å²) in [6, 6.07) is 14.4. The van der Waals surface area contributed by atoms with Gasteiger partial charge in [0.2, 0.25) is 0 Å². The molecule has 1 fully saturated rings. The minimum Gasteiger partial charge on any atom is -0.491 e. The summed E-state index contributed by atoms with van der Waals surface area (Å²) in [7, 11) is 0. The Morgan fingerprint density at radius 3 is 2.81 bits per heavy atom. The van der Waals surface area contributed by atoms with E-state index >= 15 is 0 Å². The Balaban J connectivity index is 1.45. The Labute approximate surface area is 152 Å². The Bertz CT molecular complexity index is 906. The van der Waals surface area contributed by atoms with Crippen molar-refractivity contribution in [1.29, 1.82) is 0 Å². The molecule has 0 aliphatic carbocycles. The second-order valence-corrected chi connectivity index (χ2v) is 6.58. The zero-order valence-corrected chi connectivity index (χ0v) is 14.7. The monoisotopic (exact) mass is 352 g/mol. The fraction of sp³-hybridized carbons (Fsp3) is 0.286. The molecule has 26 heavy (non-hydrogen) atoms. The Morgan fingerprint density at radius 1 is 1.19 bits per heavy atom. The van der Waals surface area contributed by atoms with Gasteiger partial charge >= 0.3 is 0 Å². The quantitative estimate of drug-likeness (QED) is 0.703. The van der Waals surface area contributed by atoms with Crippen LogP contribution in [0.3, 0.4) is 0 Å². The molecule has 0 radical (unpaired) electrons. The fourth-order valence-corrected chi connectivity index (χ4v) is 3.19. The van der Waals surface area contributed by atoms with Gasteiger partial charge in [-0.25, -0.2) is 9.37 Å². The van der Waals surface area contributed by atoms with Crippen molar-refractivity contribution < 1.29 is 13.9 Å². The molecule has 1 saturated heterocycles. The summed E-state index contributed by atoms with van der Waals surface area (Å²) in [5.74, 6) is 1.22. The maximum Gasteiger partial charge on any atom is 0.131 e. The average Bonchev–Trinajstić information content (AvgIpc) is 3.14. The number of ether oxygens (including phenoxy) is 2. The average molecular weight is 352 g/mol. The molecule has 4 rings (SSSR count). The summed E-state index contributed by atoms with van der Waals surface area (Å²) < 4.78 is 24.8. The Morgan fingerprint density at radius 2 is 2.04 bits per heavy atom. The van der Waals surface area contributed by atoms with Crippen molar-refractivity contribution in [3.05, 3.63) is 59.9 Å². The minimum atomic E-state index is -0.283. The molecule has 1 aromatic heterocycles. The van der Waals surface area contributed by atoms with Crippen molar-refractivity contribution in [3.8, 4) is 5.75 Å². The summed E-state index contributed by atoms with van der Waals surface area (Å²) in [5.41, 5.74) is 2.59. The predicted octanol–water partition coefficient (Wildman–Crippen LogP) is 4.98. The van der Waals surface area contributed by atoms with Crippen molar-refractivity contribution in [3.63, 3.8) is 0 Å². The van der Waals surface area contributed by atoms with Gasteiger partial charge in [-0.2, -0.15) is 0 Å². The number of pyridine rings is 1. The normalized spacial score (nSPS) is 16.8. The molecule has 1 atom stereocenters. The molecular weight excluding hydrogens is 331 g/mol. The van der Waals surface area contributed by atoms with Gasteiger partial charge in [0, 0.05) is 23.7 Å². The minimum absolute atomic E-state index is 0.206. The lowest BCUT2D eigenvalue weighted by atomic mass is 10.1. The van der Waals surface area contributed by atoms with Crippen LogP contribution in [0.5, 0.6) is 5.75 Å². The number of nitrogens with zero attached hydrogens (tertiary/aromatic N) is 1. The van der Waals surface area contributed by atoms with Gasteiger partial charge in [-0.1, -0.05) is 0 Å². The molecule has 4 nitrogen and oxygen atoms in total. The summed E-state index contributed by atoms with van der Waals surface area (Å²) in [6.45, 7) is 3.41. The molecule has 2 aromatic carbocycles. The van der Waals surface area contributed by atoms with E-state index in [4.69, 9.17) is 9.47 Å². The third-order valence-electron chi connectivity index (χ3n) is 4.57. The van der Waals surface area contributed by atoms with Gasteiger partial charge in [0.05, 0.1) is 11.6 Å². The maximum atomic E-state index is 13.5. The topological polar surface area (TPSA) is 43.4 Å². The van der Waals surface area contributed by atoms with Crippen molar-refractivity contribution in [2.75, 3.05) is 18.5 Å². The summed E-state index contributed by atoms with van der Waals surface area (Å²) in [5, 5.41) is 4.22. The third-order valence-corrected chi connectivity index (χ3v) is 4.57. The van der Waals surface area contributed by atoms with Crippen LogP contribution in [-0.2, 0) is 4.74 Å². The van der Waals surface area contributed by atoms with Crippen molar-refractivity contribution >= 4 is 22.4 Å². The highest BCUT2D eigenvalue weighted by Gasteiger charge is 2.15. The van der Waals surface area contributed by atoms with Gasteiger partial charge in [0.1, 0.15) is 24.0 Å². The number of aryl methyl sites for hydroxylation is 1. The second-order valence-electron chi connectivity index (χ2n) is 6.58. The number of fused-ring (bicyclic) bond motifs is 1. The van der Waals surface area contributed by atoms with E-state index in [1.807, 2.05) is 37.3 Å². The molecule has 1 aliphatic rings. The number of benzene rings is 2. The van der Waals surface area contributed by atoms with Gasteiger partial charge in [0.15, 0.2) is 0 Å². The number of aromatic nitrogens is 1. The van der Waals surface area contributed by atoms with Crippen LogP contribution in [0.25, 0.3) is 10.9 Å². The molecule has 134 valence electrons. The predicted molar refractivity (Wildman–Crippen MR) is 101 cm³/mol. The number of anilines is 2. The molecule has 0 bridgehead atoms. The van der Waals surface area contributed by atoms with Crippen LogP contribution in [0.2, 0.25) is 0 Å². The highest BCUT2D eigenvalue weighted by molar-refractivity contribution is 5.84. The first kappa shape index (κ1) is 16.8. The molecule has 3 aromatic rings. The highest BCUT2D eigenvalue weighted by atomic mass is 19.1. The standard InChI is InChI=1S/C21H21FN2O2/c1-14-11-21(24-20-12-15(22)4-9-19(14)20)23-16-5-7-17(8-6-16)26-13-18-3-2-10-25-18/h4-9,11-12,18H,2-3,10,13H2,1H3,(H,23,24). The van der Waals surface area contributed by atoms with Crippen LogP contribution in [-0.4, -0.2) is 24.3 Å². The van der Waals surface area contributed by atoms with Crippen molar-refractivity contribution in [1.82, 2.24) is 4.98 Å². The van der Waals surface area contributed by atoms with Gasteiger partial charge in [-0.05, 0) is 67.8 Å². The number of halogens is 1. The van der Waals surface area contributed by atoms with Crippen LogP contribution in [0.1, 0.15) is 18.4 Å². The first-order chi connectivity index (χ1) is 12.7. The number of hydrogen-bond donors (Lipinski definition) is 1. The zero-order valence-electron chi connectivity index (χ0n) is 14.7. The van der Waals surface area contributed by atoms with Gasteiger partial charge in [0.25, 0.3) is 0 Å². The molecule has 1 unspecified atom stereocenters. The van der Waals surface area contributed by atoms with E-state index in [1.165, 1.54) is 12.1 Å². The molecule has 1 N–H and O–H groups in total. The lowest BCUT2D eigenvalue weighted by Gasteiger charge is -2.12. The summed E-state index contributed by atoms with van der Waals surface area (Å²) in [6.07, 6.45) is 2.38. The summed E-state index contributed by atoms with van der Waals surface area (Å²) >= 11 is 0. The Kier molecular flexibility index (Phi) is 4.71. The van der Waals surface area contributed by atoms with E-state index < -0.39 is 0 Å². The number of rotatable bonds is 5. The highest BCUT2D eigenvalue weighted by Crippen LogP contribution is 2.25. The van der Waals surface area contributed by atoms with E-state index in [0.29, 0.717) is 17.9 Å². The van der Waals surface area contributed by atoms with E-state index in [1.54, 1.807) is 6.07 Å². The molecular formula is C21H21FN2O2. The van der Waals surface area contributed by atoms with E-state index in [-0.39, 0.29) is 11.9 Å². The molecule has 0 spiro atoms. The number of hydrogen-bond acceptors (Lipinski definition) is 4. The molecule has 2 heterocycles. The van der Waals surface area contributed by atoms with Crippen molar-refractivity contribution in [2.24, 2.45) is 0 Å². The van der Waals surface area contributed by atoms with Crippen LogP contribution in [0.4, 0.5) is 15.9 Å². The lowest BCUT2D eigenvalue weighted by molar-refractivity contribution is 0.0679. The van der Waals surface area contributed by atoms with Gasteiger partial charge in [-0.3, -0.25) is 0 Å². The number of nitrogens with one attached hydrogen (secondary N) is 1. The van der Waals surface area contributed by atoms with Crippen molar-refractivity contribution in [2.45, 2.75) is 25.9 Å². The van der Waals surface area contributed by atoms with Crippen LogP contribution >= 0.6 is 0 Å². The smallest absolute Gasteiger partial charge is 0.131 e. The van der Waals surface area contributed by atoms with E-state index in [9.17, 15) is 4.39 Å². The molecule has 0 amide bonds. The van der Waals surface area contributed by atoms with E-state index in [2.05, 4.69) is 10.3 Å². The summed E-state index contributed by atoms with van der Waals surface area (Å²) in [4.78, 5) is 4.50. The van der Waals surface area contributed by atoms with Gasteiger partial charge < -0.3 is 14.8 Å². The molecule has 5 heteroatoms. The van der Waals surface area contributed by atoms with Crippen LogP contribution in [0.15, 0.2) is 48.5 Å². The third kappa shape index (κ3) is 3.78. The molecule has 0 saturated carbocycles. The maximum absolute atomic E-state index is 13.5. The second kappa shape index (κ2) is 7.30. The zero-order chi connectivity index (χ0) is 17.9. The SMILES string of the molecule is Cc1cc(Nc2ccc(OCC3CCCO3)cc2)nc2cc(F)ccc12. The largest absolute Gasteiger partial charge is 0.491 e. The Hall–Kier alpha value is -2.66. The first-order valence-corrected chi connectivity index (χ1v) is 8.86.